The summed E-state index contributed by atoms with van der Waals surface area (Å²) in [4.78, 5) is 0. The molecule has 0 bridgehead atoms. The van der Waals surface area contributed by atoms with E-state index in [0.29, 0.717) is 0 Å². The predicted octanol–water partition coefficient (Wildman–Crippen LogP) is 3.57. The molecule has 0 fully saturated rings. The Balaban J connectivity index is 2.50. The Bertz CT molecular complexity index is 486. The van der Waals surface area contributed by atoms with Crippen LogP contribution in [-0.4, -0.2) is 17.4 Å². The Kier molecular flexibility index (Phi) is 3.05. The van der Waals surface area contributed by atoms with E-state index in [2.05, 4.69) is 20.7 Å². The highest BCUT2D eigenvalue weighted by molar-refractivity contribution is 9.10. The van der Waals surface area contributed by atoms with Gasteiger partial charge in [0.15, 0.2) is 0 Å². The zero-order valence-electron chi connectivity index (χ0n) is 8.56. The van der Waals surface area contributed by atoms with Crippen LogP contribution in [0, 0.1) is 0 Å². The molecule has 0 spiro atoms. The van der Waals surface area contributed by atoms with Gasteiger partial charge in [-0.25, -0.2) is 8.78 Å². The van der Waals surface area contributed by atoms with Gasteiger partial charge in [-0.15, -0.1) is 13.2 Å². The van der Waals surface area contributed by atoms with Gasteiger partial charge in [-0.2, -0.15) is 0 Å². The highest BCUT2D eigenvalue weighted by Gasteiger charge is 2.49. The molecular formula is C10H6BrF5O2. The SMILES string of the molecule is OC1c2c(Br)ccc(OC(F)(F)F)c2CC1(F)F. The molecule has 0 aliphatic heterocycles. The number of aliphatic hydroxyl groups excluding tert-OH is 1. The van der Waals surface area contributed by atoms with Gasteiger partial charge >= 0.3 is 6.36 Å². The van der Waals surface area contributed by atoms with Crippen molar-refractivity contribution < 1.29 is 31.8 Å². The lowest BCUT2D eigenvalue weighted by atomic mass is 10.1. The Labute approximate surface area is 106 Å². The molecule has 18 heavy (non-hydrogen) atoms. The number of alkyl halides is 5. The van der Waals surface area contributed by atoms with Crippen LogP contribution in [0.2, 0.25) is 0 Å². The van der Waals surface area contributed by atoms with Gasteiger partial charge in [0.1, 0.15) is 11.9 Å². The minimum absolute atomic E-state index is 0.122. The smallest absolute Gasteiger partial charge is 0.405 e. The molecule has 0 heterocycles. The average Bonchev–Trinajstić information content (AvgIpc) is 2.43. The first-order valence-electron chi connectivity index (χ1n) is 4.75. The molecule has 8 heteroatoms. The topological polar surface area (TPSA) is 29.5 Å². The summed E-state index contributed by atoms with van der Waals surface area (Å²) >= 11 is 2.92. The summed E-state index contributed by atoms with van der Waals surface area (Å²) in [7, 11) is 0. The van der Waals surface area contributed by atoms with Crippen LogP contribution in [0.15, 0.2) is 16.6 Å². The molecule has 0 radical (unpaired) electrons. The Morgan fingerprint density at radius 3 is 2.50 bits per heavy atom. The van der Waals surface area contributed by atoms with Gasteiger partial charge in [0.05, 0.1) is 0 Å². The van der Waals surface area contributed by atoms with Crippen LogP contribution in [0.3, 0.4) is 0 Å². The highest BCUT2D eigenvalue weighted by atomic mass is 79.9. The Morgan fingerprint density at radius 1 is 1.33 bits per heavy atom. The second kappa shape index (κ2) is 4.06. The van der Waals surface area contributed by atoms with Crippen molar-refractivity contribution in [2.75, 3.05) is 0 Å². The highest BCUT2D eigenvalue weighted by Crippen LogP contribution is 2.49. The summed E-state index contributed by atoms with van der Waals surface area (Å²) in [5, 5.41) is 9.40. The largest absolute Gasteiger partial charge is 0.573 e. The predicted molar refractivity (Wildman–Crippen MR) is 54.4 cm³/mol. The van der Waals surface area contributed by atoms with Crippen molar-refractivity contribution in [3.8, 4) is 5.75 Å². The maximum absolute atomic E-state index is 13.3. The number of halogens is 6. The first-order valence-corrected chi connectivity index (χ1v) is 5.54. The molecule has 0 aromatic heterocycles. The number of ether oxygens (including phenoxy) is 1. The maximum Gasteiger partial charge on any atom is 0.573 e. The first-order chi connectivity index (χ1) is 8.12. The summed E-state index contributed by atoms with van der Waals surface area (Å²) in [6.07, 6.45) is -8.10. The molecule has 1 aromatic carbocycles. The third-order valence-corrected chi connectivity index (χ3v) is 3.26. The van der Waals surface area contributed by atoms with Crippen LogP contribution >= 0.6 is 15.9 Å². The van der Waals surface area contributed by atoms with Gasteiger partial charge in [-0.1, -0.05) is 15.9 Å². The summed E-state index contributed by atoms with van der Waals surface area (Å²) in [6, 6.07) is 2.06. The van der Waals surface area contributed by atoms with E-state index in [4.69, 9.17) is 0 Å². The fraction of sp³-hybridized carbons (Fsp3) is 0.400. The molecule has 1 aromatic rings. The molecule has 1 N–H and O–H groups in total. The van der Waals surface area contributed by atoms with Gasteiger partial charge in [-0.3, -0.25) is 0 Å². The van der Waals surface area contributed by atoms with Crippen molar-refractivity contribution in [1.82, 2.24) is 0 Å². The van der Waals surface area contributed by atoms with Crippen LogP contribution in [0.4, 0.5) is 22.0 Å². The zero-order chi connectivity index (χ0) is 13.7. The molecule has 1 aliphatic carbocycles. The zero-order valence-corrected chi connectivity index (χ0v) is 10.1. The van der Waals surface area contributed by atoms with Gasteiger partial charge < -0.3 is 9.84 Å². The monoisotopic (exact) mass is 332 g/mol. The van der Waals surface area contributed by atoms with E-state index in [9.17, 15) is 27.1 Å². The number of benzene rings is 1. The van der Waals surface area contributed by atoms with Crippen molar-refractivity contribution in [1.29, 1.82) is 0 Å². The molecule has 0 saturated carbocycles. The van der Waals surface area contributed by atoms with E-state index in [1.54, 1.807) is 0 Å². The Hall–Kier alpha value is -0.890. The van der Waals surface area contributed by atoms with Gasteiger partial charge in [0, 0.05) is 22.0 Å². The number of fused-ring (bicyclic) bond motifs is 1. The third kappa shape index (κ3) is 2.31. The van der Waals surface area contributed by atoms with Crippen LogP contribution < -0.4 is 4.74 Å². The molecule has 0 saturated heterocycles. The summed E-state index contributed by atoms with van der Waals surface area (Å²) in [5.41, 5.74) is -0.596. The van der Waals surface area contributed by atoms with Crippen molar-refractivity contribution in [3.63, 3.8) is 0 Å². The maximum atomic E-state index is 13.3. The van der Waals surface area contributed by atoms with Gasteiger partial charge in [0.25, 0.3) is 5.92 Å². The quantitative estimate of drug-likeness (QED) is 0.796. The summed E-state index contributed by atoms with van der Waals surface area (Å²) in [5.74, 6) is -4.22. The van der Waals surface area contributed by atoms with Crippen LogP contribution in [0.5, 0.6) is 5.75 Å². The second-order valence-corrected chi connectivity index (χ2v) is 4.68. The van der Waals surface area contributed by atoms with E-state index < -0.39 is 30.6 Å². The van der Waals surface area contributed by atoms with Crippen molar-refractivity contribution in [2.24, 2.45) is 0 Å². The number of hydrogen-bond acceptors (Lipinski definition) is 2. The van der Waals surface area contributed by atoms with E-state index >= 15 is 0 Å². The molecule has 1 atom stereocenters. The molecule has 1 aliphatic rings. The fourth-order valence-electron chi connectivity index (χ4n) is 1.86. The van der Waals surface area contributed by atoms with Crippen LogP contribution in [-0.2, 0) is 6.42 Å². The van der Waals surface area contributed by atoms with Crippen molar-refractivity contribution in [3.05, 3.63) is 27.7 Å². The molecule has 2 rings (SSSR count). The van der Waals surface area contributed by atoms with E-state index in [-0.39, 0.29) is 15.6 Å². The van der Waals surface area contributed by atoms with E-state index in [0.717, 1.165) is 12.1 Å². The standard InChI is InChI=1S/C10H6BrF5O2/c11-5-1-2-6(18-10(14,15)16)4-3-9(12,13)8(17)7(4)5/h1-2,8,17H,3H2. The van der Waals surface area contributed by atoms with E-state index in [1.165, 1.54) is 0 Å². The number of aliphatic hydroxyl groups is 1. The molecular weight excluding hydrogens is 327 g/mol. The lowest BCUT2D eigenvalue weighted by molar-refractivity contribution is -0.275. The molecule has 100 valence electrons. The van der Waals surface area contributed by atoms with Crippen LogP contribution in [0.1, 0.15) is 17.2 Å². The van der Waals surface area contributed by atoms with Gasteiger partial charge in [-0.05, 0) is 12.1 Å². The lowest BCUT2D eigenvalue weighted by Gasteiger charge is -2.14. The minimum atomic E-state index is -4.97. The average molecular weight is 333 g/mol. The number of rotatable bonds is 1. The normalized spacial score (nSPS) is 21.8. The fourth-order valence-corrected chi connectivity index (χ4v) is 2.45. The Morgan fingerprint density at radius 2 is 1.94 bits per heavy atom. The van der Waals surface area contributed by atoms with E-state index in [1.807, 2.05) is 0 Å². The van der Waals surface area contributed by atoms with Crippen molar-refractivity contribution in [2.45, 2.75) is 24.8 Å². The molecule has 1 unspecified atom stereocenters. The van der Waals surface area contributed by atoms with Crippen LogP contribution in [0.25, 0.3) is 0 Å². The summed E-state index contributed by atoms with van der Waals surface area (Å²) < 4.78 is 66.8. The summed E-state index contributed by atoms with van der Waals surface area (Å²) in [6.45, 7) is 0. The second-order valence-electron chi connectivity index (χ2n) is 3.83. The minimum Gasteiger partial charge on any atom is -0.405 e. The van der Waals surface area contributed by atoms with Gasteiger partial charge in [0.2, 0.25) is 0 Å². The first kappa shape index (κ1) is 13.5. The third-order valence-electron chi connectivity index (χ3n) is 2.57. The van der Waals surface area contributed by atoms with Crippen molar-refractivity contribution >= 4 is 15.9 Å². The lowest BCUT2D eigenvalue weighted by Crippen LogP contribution is -2.21. The number of hydrogen-bond donors (Lipinski definition) is 1. The molecule has 2 nitrogen and oxygen atoms in total. The molecule has 0 amide bonds.